The van der Waals surface area contributed by atoms with Gasteiger partial charge in [-0.25, -0.2) is 4.79 Å². The number of rotatable bonds is 0. The number of carbonyl (C=O) groups is 5. The molecule has 0 bridgehead atoms. The highest BCUT2D eigenvalue weighted by Gasteiger charge is 2.45. The zero-order valence-corrected chi connectivity index (χ0v) is 19.9. The van der Waals surface area contributed by atoms with Crippen LogP contribution in [0.15, 0.2) is 0 Å². The first-order chi connectivity index (χ1) is 16.2. The van der Waals surface area contributed by atoms with Gasteiger partial charge in [0, 0.05) is 25.7 Å². The molecule has 11 nitrogen and oxygen atoms in total. The molecule has 0 aromatic carbocycles. The fourth-order valence-electron chi connectivity index (χ4n) is 5.61. The van der Waals surface area contributed by atoms with Gasteiger partial charge in [0.2, 0.25) is 23.6 Å². The van der Waals surface area contributed by atoms with Crippen LogP contribution in [0, 0.1) is 0 Å². The molecule has 4 rings (SSSR count). The molecule has 11 heteroatoms. The van der Waals surface area contributed by atoms with Gasteiger partial charge in [0.05, 0.1) is 6.42 Å². The number of nitrogens with one attached hydrogen (secondary N) is 1. The predicted molar refractivity (Wildman–Crippen MR) is 120 cm³/mol. The number of carbonyl (C=O) groups excluding carboxylic acids is 5. The van der Waals surface area contributed by atoms with Crippen LogP contribution in [-0.2, 0) is 28.7 Å². The molecule has 4 aliphatic rings. The smallest absolute Gasteiger partial charge is 0.329 e. The summed E-state index contributed by atoms with van der Waals surface area (Å²) in [6.45, 7) is 4.28. The lowest BCUT2D eigenvalue weighted by Gasteiger charge is -2.38. The number of amides is 4. The van der Waals surface area contributed by atoms with E-state index in [4.69, 9.17) is 10.5 Å². The van der Waals surface area contributed by atoms with E-state index in [2.05, 4.69) is 5.32 Å². The Morgan fingerprint density at radius 1 is 0.853 bits per heavy atom. The van der Waals surface area contributed by atoms with Crippen LogP contribution < -0.4 is 11.1 Å². The molecule has 4 aliphatic heterocycles. The molecule has 4 fully saturated rings. The zero-order valence-electron chi connectivity index (χ0n) is 19.9. The fourth-order valence-corrected chi connectivity index (χ4v) is 5.61. The third kappa shape index (κ3) is 4.75. The molecule has 6 atom stereocenters. The summed E-state index contributed by atoms with van der Waals surface area (Å²) in [5, 5.41) is 2.76. The van der Waals surface area contributed by atoms with Crippen LogP contribution in [0.25, 0.3) is 0 Å². The Hall–Kier alpha value is -2.69. The summed E-state index contributed by atoms with van der Waals surface area (Å²) < 4.78 is 5.53. The van der Waals surface area contributed by atoms with Crippen molar-refractivity contribution in [3.05, 3.63) is 0 Å². The number of fused-ring (bicyclic) bond motifs is 3. The van der Waals surface area contributed by atoms with Crippen LogP contribution in [0.4, 0.5) is 0 Å². The van der Waals surface area contributed by atoms with E-state index < -0.39 is 42.1 Å². The van der Waals surface area contributed by atoms with Gasteiger partial charge < -0.3 is 30.5 Å². The van der Waals surface area contributed by atoms with Crippen LogP contribution >= 0.6 is 0 Å². The first-order valence-corrected chi connectivity index (χ1v) is 12.3. The Labute approximate surface area is 199 Å². The van der Waals surface area contributed by atoms with Gasteiger partial charge in [0.15, 0.2) is 0 Å². The third-order valence-electron chi connectivity index (χ3n) is 7.34. The van der Waals surface area contributed by atoms with Gasteiger partial charge >= 0.3 is 5.97 Å². The van der Waals surface area contributed by atoms with Crippen LogP contribution in [0.1, 0.15) is 58.8 Å². The number of cyclic esters (lactones) is 1. The lowest BCUT2D eigenvalue weighted by molar-refractivity contribution is -0.160. The van der Waals surface area contributed by atoms with Crippen molar-refractivity contribution in [3.8, 4) is 0 Å². The van der Waals surface area contributed by atoms with Gasteiger partial charge in [0.1, 0.15) is 30.3 Å². The highest BCUT2D eigenvalue weighted by molar-refractivity contribution is 5.95. The minimum Gasteiger partial charge on any atom is -0.461 e. The molecule has 4 amide bonds. The average Bonchev–Trinajstić information content (AvgIpc) is 3.44. The Kier molecular flexibility index (Phi) is 7.11. The van der Waals surface area contributed by atoms with Gasteiger partial charge in [-0.05, 0) is 52.4 Å². The maximum Gasteiger partial charge on any atom is 0.329 e. The highest BCUT2D eigenvalue weighted by atomic mass is 16.5. The summed E-state index contributed by atoms with van der Waals surface area (Å²) in [5.41, 5.74) is 6.12. The van der Waals surface area contributed by atoms with Crippen LogP contribution in [0.2, 0.25) is 0 Å². The minimum atomic E-state index is -0.844. The topological polar surface area (TPSA) is 142 Å². The Bertz CT molecular complexity index is 865. The van der Waals surface area contributed by atoms with Crippen LogP contribution in [0.5, 0.6) is 0 Å². The highest BCUT2D eigenvalue weighted by Crippen LogP contribution is 2.26. The molecule has 0 spiro atoms. The van der Waals surface area contributed by atoms with Gasteiger partial charge in [-0.3, -0.25) is 19.2 Å². The van der Waals surface area contributed by atoms with Crippen molar-refractivity contribution < 1.29 is 28.7 Å². The number of hydrogen-bond donors (Lipinski definition) is 2. The lowest BCUT2D eigenvalue weighted by atomic mass is 9.99. The first kappa shape index (κ1) is 24.4. The maximum absolute atomic E-state index is 13.6. The van der Waals surface area contributed by atoms with Crippen molar-refractivity contribution in [1.29, 1.82) is 0 Å². The van der Waals surface area contributed by atoms with Crippen molar-refractivity contribution >= 4 is 29.6 Å². The number of piperidine rings is 1. The standard InChI is InChI=1S/C23H35N5O6/c1-13-10-19(29)28-12-15(24)11-18(28)22(32)26-8-4-3-6-16(26)20(30)25-14(2)21(31)27-9-5-7-17(27)23(33)34-13/h13-18H,3-12,24H2,1-2H3,(H,25,30). The van der Waals surface area contributed by atoms with Crippen LogP contribution in [0.3, 0.4) is 0 Å². The molecule has 0 aromatic heterocycles. The van der Waals surface area contributed by atoms with Crippen molar-refractivity contribution in [2.45, 2.75) is 95.1 Å². The summed E-state index contributed by atoms with van der Waals surface area (Å²) >= 11 is 0. The van der Waals surface area contributed by atoms with Gasteiger partial charge in [-0.2, -0.15) is 0 Å². The van der Waals surface area contributed by atoms with E-state index in [1.165, 1.54) is 9.80 Å². The molecule has 0 aromatic rings. The van der Waals surface area contributed by atoms with E-state index in [1.807, 2.05) is 0 Å². The second-order valence-electron chi connectivity index (χ2n) is 9.97. The van der Waals surface area contributed by atoms with Crippen molar-refractivity contribution in [2.24, 2.45) is 5.73 Å². The average molecular weight is 478 g/mol. The molecular formula is C23H35N5O6. The maximum atomic E-state index is 13.6. The molecule has 4 heterocycles. The van der Waals surface area contributed by atoms with E-state index in [9.17, 15) is 24.0 Å². The Balaban J connectivity index is 1.65. The third-order valence-corrected chi connectivity index (χ3v) is 7.34. The fraction of sp³-hybridized carbons (Fsp3) is 0.783. The van der Waals surface area contributed by atoms with Crippen molar-refractivity contribution in [1.82, 2.24) is 20.0 Å². The van der Waals surface area contributed by atoms with E-state index in [1.54, 1.807) is 18.7 Å². The summed E-state index contributed by atoms with van der Waals surface area (Å²) in [6, 6.07) is -3.40. The van der Waals surface area contributed by atoms with Crippen molar-refractivity contribution in [3.63, 3.8) is 0 Å². The van der Waals surface area contributed by atoms with E-state index in [0.717, 1.165) is 12.8 Å². The summed E-state index contributed by atoms with van der Waals surface area (Å²) in [4.78, 5) is 70.3. The second kappa shape index (κ2) is 9.89. The normalized spacial score (nSPS) is 36.1. The second-order valence-corrected chi connectivity index (χ2v) is 9.97. The van der Waals surface area contributed by atoms with Gasteiger partial charge in [-0.1, -0.05) is 0 Å². The molecule has 34 heavy (non-hydrogen) atoms. The monoisotopic (exact) mass is 477 g/mol. The lowest BCUT2D eigenvalue weighted by Crippen LogP contribution is -2.59. The summed E-state index contributed by atoms with van der Waals surface area (Å²) in [7, 11) is 0. The number of hydrogen-bond acceptors (Lipinski definition) is 7. The largest absolute Gasteiger partial charge is 0.461 e. The minimum absolute atomic E-state index is 0.0801. The molecule has 0 radical (unpaired) electrons. The quantitative estimate of drug-likeness (QED) is 0.432. The van der Waals surface area contributed by atoms with Crippen molar-refractivity contribution in [2.75, 3.05) is 19.6 Å². The first-order valence-electron chi connectivity index (χ1n) is 12.3. The van der Waals surface area contributed by atoms with E-state index in [0.29, 0.717) is 38.8 Å². The zero-order chi connectivity index (χ0) is 24.6. The molecule has 6 unspecified atom stereocenters. The van der Waals surface area contributed by atoms with E-state index in [-0.39, 0.29) is 36.7 Å². The number of nitrogens with two attached hydrogens (primary N) is 1. The predicted octanol–water partition coefficient (Wildman–Crippen LogP) is -0.873. The molecule has 0 aliphatic carbocycles. The molecular weight excluding hydrogens is 442 g/mol. The number of esters is 1. The summed E-state index contributed by atoms with van der Waals surface area (Å²) in [6.07, 6.45) is 2.68. The Morgan fingerprint density at radius 2 is 1.53 bits per heavy atom. The number of ether oxygens (including phenoxy) is 1. The van der Waals surface area contributed by atoms with Gasteiger partial charge in [0.25, 0.3) is 0 Å². The molecule has 188 valence electrons. The van der Waals surface area contributed by atoms with Crippen LogP contribution in [-0.4, -0.2) is 100 Å². The summed E-state index contributed by atoms with van der Waals surface area (Å²) in [5.74, 6) is -1.92. The molecule has 0 saturated carbocycles. The molecule has 4 saturated heterocycles. The van der Waals surface area contributed by atoms with Gasteiger partial charge in [-0.15, -0.1) is 0 Å². The SMILES string of the molecule is CC1CC(=O)N2CC(N)CC2C(=O)N2CCCCC2C(=O)NC(C)C(=O)N2CCCC2C(=O)O1. The van der Waals surface area contributed by atoms with E-state index >= 15 is 0 Å². The molecule has 3 N–H and O–H groups in total. The Morgan fingerprint density at radius 3 is 2.29 bits per heavy atom. The number of nitrogens with zero attached hydrogens (tertiary/aromatic N) is 3.